The first kappa shape index (κ1) is 14.5. The van der Waals surface area contributed by atoms with Crippen LogP contribution in [0.4, 0.5) is 4.79 Å². The molecule has 0 heterocycles. The zero-order chi connectivity index (χ0) is 13.1. The first-order chi connectivity index (χ1) is 8.83. The van der Waals surface area contributed by atoms with Gasteiger partial charge in [0.15, 0.2) is 0 Å². The fourth-order valence-electron chi connectivity index (χ4n) is 1.53. The minimum Gasteiger partial charge on any atom is -0.444 e. The van der Waals surface area contributed by atoms with E-state index in [1.165, 1.54) is 19.3 Å². The number of unbranched alkanes of at least 4 members (excludes halogenated alkanes) is 3. The van der Waals surface area contributed by atoms with Gasteiger partial charge in [0.25, 0.3) is 0 Å². The molecule has 0 aliphatic rings. The summed E-state index contributed by atoms with van der Waals surface area (Å²) in [4.78, 5) is 11.3. The monoisotopic (exact) mass is 250 g/mol. The number of rotatable bonds is 8. The van der Waals surface area contributed by atoms with Crippen molar-refractivity contribution in [1.82, 2.24) is 10.9 Å². The maximum atomic E-state index is 11.3. The first-order valence-electron chi connectivity index (χ1n) is 6.52. The van der Waals surface area contributed by atoms with Crippen molar-refractivity contribution in [3.63, 3.8) is 0 Å². The lowest BCUT2D eigenvalue weighted by atomic mass is 10.2. The average molecular weight is 250 g/mol. The van der Waals surface area contributed by atoms with Gasteiger partial charge in [-0.15, -0.1) is 0 Å². The van der Waals surface area contributed by atoms with Crippen molar-refractivity contribution in [3.8, 4) is 0 Å². The van der Waals surface area contributed by atoms with Gasteiger partial charge in [-0.1, -0.05) is 56.5 Å². The van der Waals surface area contributed by atoms with Gasteiger partial charge in [-0.3, -0.25) is 5.43 Å². The van der Waals surface area contributed by atoms with Crippen molar-refractivity contribution in [3.05, 3.63) is 35.9 Å². The largest absolute Gasteiger partial charge is 0.444 e. The second-order valence-corrected chi connectivity index (χ2v) is 4.17. The Hall–Kier alpha value is -1.55. The highest BCUT2D eigenvalue weighted by molar-refractivity contribution is 5.66. The molecule has 1 amide bonds. The van der Waals surface area contributed by atoms with Crippen molar-refractivity contribution in [1.29, 1.82) is 0 Å². The zero-order valence-corrected chi connectivity index (χ0v) is 10.9. The average Bonchev–Trinajstić information content (AvgIpc) is 2.41. The molecule has 4 heteroatoms. The van der Waals surface area contributed by atoms with E-state index in [-0.39, 0.29) is 0 Å². The summed E-state index contributed by atoms with van der Waals surface area (Å²) in [6.07, 6.45) is 4.26. The van der Waals surface area contributed by atoms with Crippen LogP contribution in [0.15, 0.2) is 30.3 Å². The summed E-state index contributed by atoms with van der Waals surface area (Å²) in [6.45, 7) is 3.25. The molecule has 100 valence electrons. The number of hydrogen-bond acceptors (Lipinski definition) is 3. The fraction of sp³-hybridized carbons (Fsp3) is 0.500. The summed E-state index contributed by atoms with van der Waals surface area (Å²) in [7, 11) is 0. The highest BCUT2D eigenvalue weighted by Gasteiger charge is 2.00. The summed E-state index contributed by atoms with van der Waals surface area (Å²) in [6, 6.07) is 9.61. The number of hydrogen-bond donors (Lipinski definition) is 2. The number of benzene rings is 1. The lowest BCUT2D eigenvalue weighted by Gasteiger charge is -2.08. The Morgan fingerprint density at radius 1 is 1.17 bits per heavy atom. The van der Waals surface area contributed by atoms with Crippen LogP contribution in [0.3, 0.4) is 0 Å². The molecule has 1 aromatic carbocycles. The predicted octanol–water partition coefficient (Wildman–Crippen LogP) is 3.00. The molecule has 1 aromatic rings. The van der Waals surface area contributed by atoms with E-state index < -0.39 is 6.09 Å². The van der Waals surface area contributed by atoms with E-state index in [9.17, 15) is 4.79 Å². The molecule has 2 N–H and O–H groups in total. The van der Waals surface area contributed by atoms with Gasteiger partial charge in [-0.25, -0.2) is 10.2 Å². The minimum absolute atomic E-state index is 0.296. The van der Waals surface area contributed by atoms with Gasteiger partial charge in [0.2, 0.25) is 0 Å². The van der Waals surface area contributed by atoms with Crippen LogP contribution in [0.25, 0.3) is 0 Å². The highest BCUT2D eigenvalue weighted by Crippen LogP contribution is 2.00. The Morgan fingerprint density at radius 2 is 1.94 bits per heavy atom. The number of nitrogens with one attached hydrogen (secondary N) is 2. The van der Waals surface area contributed by atoms with Crippen molar-refractivity contribution < 1.29 is 9.53 Å². The smallest absolute Gasteiger partial charge is 0.421 e. The van der Waals surface area contributed by atoms with Crippen LogP contribution in [-0.2, 0) is 11.3 Å². The Kier molecular flexibility index (Phi) is 7.64. The van der Waals surface area contributed by atoms with Crippen LogP contribution in [0.1, 0.15) is 38.2 Å². The van der Waals surface area contributed by atoms with E-state index >= 15 is 0 Å². The van der Waals surface area contributed by atoms with Crippen molar-refractivity contribution in [2.24, 2.45) is 0 Å². The number of hydrazine groups is 1. The van der Waals surface area contributed by atoms with Gasteiger partial charge in [-0.05, 0) is 12.0 Å². The third-order valence-electron chi connectivity index (χ3n) is 2.56. The van der Waals surface area contributed by atoms with Gasteiger partial charge in [0, 0.05) is 6.54 Å². The van der Waals surface area contributed by atoms with Crippen LogP contribution in [0.2, 0.25) is 0 Å². The van der Waals surface area contributed by atoms with Gasteiger partial charge in [0.1, 0.15) is 6.61 Å². The van der Waals surface area contributed by atoms with Crippen molar-refractivity contribution in [2.75, 3.05) is 6.54 Å². The number of amides is 1. The molecule has 0 saturated carbocycles. The molecule has 0 saturated heterocycles. The maximum absolute atomic E-state index is 11.3. The minimum atomic E-state index is -0.436. The topological polar surface area (TPSA) is 50.4 Å². The van der Waals surface area contributed by atoms with E-state index in [0.717, 1.165) is 18.5 Å². The Bertz CT molecular complexity index is 328. The SMILES string of the molecule is CCCCCCNNC(=O)OCc1ccccc1. The van der Waals surface area contributed by atoms with Crippen LogP contribution >= 0.6 is 0 Å². The predicted molar refractivity (Wildman–Crippen MR) is 71.9 cm³/mol. The zero-order valence-electron chi connectivity index (χ0n) is 10.9. The van der Waals surface area contributed by atoms with Crippen molar-refractivity contribution in [2.45, 2.75) is 39.2 Å². The van der Waals surface area contributed by atoms with Crippen LogP contribution < -0.4 is 10.9 Å². The summed E-state index contributed by atoms with van der Waals surface area (Å²) in [5.41, 5.74) is 6.36. The molecular weight excluding hydrogens is 228 g/mol. The Labute approximate surface area is 109 Å². The van der Waals surface area contributed by atoms with E-state index in [4.69, 9.17) is 4.74 Å². The quantitative estimate of drug-likeness (QED) is 0.551. The molecule has 0 aliphatic heterocycles. The second-order valence-electron chi connectivity index (χ2n) is 4.17. The van der Waals surface area contributed by atoms with E-state index in [2.05, 4.69) is 17.8 Å². The molecule has 0 fully saturated rings. The normalized spacial score (nSPS) is 10.1. The lowest BCUT2D eigenvalue weighted by molar-refractivity contribution is 0.135. The molecule has 18 heavy (non-hydrogen) atoms. The molecule has 0 bridgehead atoms. The molecule has 0 radical (unpaired) electrons. The standard InChI is InChI=1S/C14H22N2O2/c1-2-3-4-8-11-15-16-14(17)18-12-13-9-6-5-7-10-13/h5-7,9-10,15H,2-4,8,11-12H2,1H3,(H,16,17). The van der Waals surface area contributed by atoms with Crippen LogP contribution in [0.5, 0.6) is 0 Å². The molecule has 0 aromatic heterocycles. The van der Waals surface area contributed by atoms with Gasteiger partial charge < -0.3 is 4.74 Å². The number of ether oxygens (including phenoxy) is 1. The Morgan fingerprint density at radius 3 is 2.67 bits per heavy atom. The van der Waals surface area contributed by atoms with Gasteiger partial charge in [0.05, 0.1) is 0 Å². The first-order valence-corrected chi connectivity index (χ1v) is 6.52. The molecule has 4 nitrogen and oxygen atoms in total. The highest BCUT2D eigenvalue weighted by atomic mass is 16.6. The molecular formula is C14H22N2O2. The Balaban J connectivity index is 2.01. The third-order valence-corrected chi connectivity index (χ3v) is 2.56. The van der Waals surface area contributed by atoms with E-state index in [0.29, 0.717) is 6.61 Å². The second kappa shape index (κ2) is 9.48. The van der Waals surface area contributed by atoms with Gasteiger partial charge >= 0.3 is 6.09 Å². The number of carbonyl (C=O) groups excluding carboxylic acids is 1. The summed E-state index contributed by atoms with van der Waals surface area (Å²) in [5, 5.41) is 0. The molecule has 0 unspecified atom stereocenters. The molecule has 0 atom stereocenters. The lowest BCUT2D eigenvalue weighted by Crippen LogP contribution is -2.38. The van der Waals surface area contributed by atoms with E-state index in [1.54, 1.807) is 0 Å². The third kappa shape index (κ3) is 6.91. The number of carbonyl (C=O) groups is 1. The summed E-state index contributed by atoms with van der Waals surface area (Å²) >= 11 is 0. The van der Waals surface area contributed by atoms with Gasteiger partial charge in [-0.2, -0.15) is 0 Å². The fourth-order valence-corrected chi connectivity index (χ4v) is 1.53. The summed E-state index contributed by atoms with van der Waals surface area (Å²) < 4.78 is 5.04. The maximum Gasteiger partial charge on any atom is 0.421 e. The molecule has 0 spiro atoms. The van der Waals surface area contributed by atoms with Crippen LogP contribution in [-0.4, -0.2) is 12.6 Å². The van der Waals surface area contributed by atoms with E-state index in [1.807, 2.05) is 30.3 Å². The molecule has 1 rings (SSSR count). The van der Waals surface area contributed by atoms with Crippen molar-refractivity contribution >= 4 is 6.09 Å². The molecule has 0 aliphatic carbocycles. The summed E-state index contributed by atoms with van der Waals surface area (Å²) in [5.74, 6) is 0. The van der Waals surface area contributed by atoms with Crippen LogP contribution in [0, 0.1) is 0 Å².